The molecule has 0 aliphatic carbocycles. The molecule has 2 aromatic rings. The smallest absolute Gasteiger partial charge is 0.265 e. The van der Waals surface area contributed by atoms with Gasteiger partial charge in [-0.05, 0) is 49.2 Å². The summed E-state index contributed by atoms with van der Waals surface area (Å²) in [7, 11) is -2.02. The number of hydrogen-bond acceptors (Lipinski definition) is 4. The Bertz CT molecular complexity index is 727. The number of hydrogen-bond donors (Lipinski definition) is 2. The van der Waals surface area contributed by atoms with Crippen molar-refractivity contribution in [2.45, 2.75) is 18.7 Å². The molecule has 20 heavy (non-hydrogen) atoms. The van der Waals surface area contributed by atoms with E-state index < -0.39 is 10.0 Å². The highest BCUT2D eigenvalue weighted by Crippen LogP contribution is 2.22. The highest BCUT2D eigenvalue weighted by Gasteiger charge is 2.18. The van der Waals surface area contributed by atoms with E-state index in [1.165, 1.54) is 6.07 Å². The van der Waals surface area contributed by atoms with Crippen LogP contribution in [0.1, 0.15) is 11.1 Å². The molecule has 0 spiro atoms. The van der Waals surface area contributed by atoms with Gasteiger partial charge in [0.05, 0.1) is 0 Å². The largest absolute Gasteiger partial charge is 0.372 e. The third-order valence-corrected chi connectivity index (χ3v) is 4.47. The topological polar surface area (TPSA) is 71.1 Å². The highest BCUT2D eigenvalue weighted by molar-refractivity contribution is 7.92. The van der Waals surface area contributed by atoms with Gasteiger partial charge in [-0.3, -0.25) is 4.72 Å². The fourth-order valence-electron chi connectivity index (χ4n) is 1.81. The zero-order valence-electron chi connectivity index (χ0n) is 11.6. The Morgan fingerprint density at radius 3 is 2.50 bits per heavy atom. The van der Waals surface area contributed by atoms with E-state index >= 15 is 0 Å². The van der Waals surface area contributed by atoms with Crippen molar-refractivity contribution < 1.29 is 8.42 Å². The Morgan fingerprint density at radius 1 is 1.10 bits per heavy atom. The summed E-state index contributed by atoms with van der Waals surface area (Å²) in [5.74, 6) is 0.323. The maximum absolute atomic E-state index is 12.4. The number of aromatic nitrogens is 1. The fraction of sp³-hybridized carbons (Fsp3) is 0.214. The normalized spacial score (nSPS) is 11.2. The minimum Gasteiger partial charge on any atom is -0.372 e. The zero-order valence-corrected chi connectivity index (χ0v) is 12.5. The summed E-state index contributed by atoms with van der Waals surface area (Å²) in [6, 6.07) is 8.55. The van der Waals surface area contributed by atoms with Gasteiger partial charge in [-0.15, -0.1) is 0 Å². The first kappa shape index (κ1) is 14.3. The molecule has 0 aliphatic heterocycles. The molecule has 6 heteroatoms. The summed E-state index contributed by atoms with van der Waals surface area (Å²) in [6.07, 6.45) is 1.54. The number of pyridine rings is 1. The first-order valence-corrected chi connectivity index (χ1v) is 7.65. The molecule has 0 bridgehead atoms. The molecule has 2 N–H and O–H groups in total. The van der Waals surface area contributed by atoms with Crippen molar-refractivity contribution in [3.8, 4) is 0 Å². The molecule has 5 nitrogen and oxygen atoms in total. The van der Waals surface area contributed by atoms with Crippen molar-refractivity contribution >= 4 is 21.5 Å². The lowest BCUT2D eigenvalue weighted by molar-refractivity contribution is 0.601. The van der Waals surface area contributed by atoms with Crippen molar-refractivity contribution in [2.75, 3.05) is 17.1 Å². The van der Waals surface area contributed by atoms with Crippen LogP contribution >= 0.6 is 0 Å². The van der Waals surface area contributed by atoms with Crippen LogP contribution in [0.2, 0.25) is 0 Å². The lowest BCUT2D eigenvalue weighted by Gasteiger charge is -2.12. The minimum absolute atomic E-state index is 0.126. The van der Waals surface area contributed by atoms with Gasteiger partial charge < -0.3 is 5.32 Å². The monoisotopic (exact) mass is 291 g/mol. The quantitative estimate of drug-likeness (QED) is 0.908. The number of benzene rings is 1. The van der Waals surface area contributed by atoms with E-state index in [2.05, 4.69) is 15.0 Å². The summed E-state index contributed by atoms with van der Waals surface area (Å²) in [5.41, 5.74) is 2.69. The lowest BCUT2D eigenvalue weighted by Crippen LogP contribution is -2.15. The third kappa shape index (κ3) is 2.91. The zero-order chi connectivity index (χ0) is 14.8. The van der Waals surface area contributed by atoms with Gasteiger partial charge in [0.15, 0.2) is 0 Å². The Hall–Kier alpha value is -2.08. The highest BCUT2D eigenvalue weighted by atomic mass is 32.2. The summed E-state index contributed by atoms with van der Waals surface area (Å²) in [5, 5.41) is 2.78. The Morgan fingerprint density at radius 2 is 1.85 bits per heavy atom. The van der Waals surface area contributed by atoms with E-state index in [-0.39, 0.29) is 4.90 Å². The number of nitrogens with one attached hydrogen (secondary N) is 2. The minimum atomic E-state index is -3.66. The molecule has 1 aromatic heterocycles. The molecule has 0 radical (unpaired) electrons. The van der Waals surface area contributed by atoms with Gasteiger partial charge in [-0.2, -0.15) is 0 Å². The summed E-state index contributed by atoms with van der Waals surface area (Å²) in [6.45, 7) is 3.92. The Balaban J connectivity index is 2.38. The van der Waals surface area contributed by atoms with Crippen LogP contribution in [0.25, 0.3) is 0 Å². The van der Waals surface area contributed by atoms with Crippen molar-refractivity contribution in [2.24, 2.45) is 0 Å². The van der Waals surface area contributed by atoms with Gasteiger partial charge in [-0.1, -0.05) is 6.07 Å². The van der Waals surface area contributed by atoms with Gasteiger partial charge in [0.25, 0.3) is 10.0 Å². The first-order chi connectivity index (χ1) is 9.44. The second-order valence-corrected chi connectivity index (χ2v) is 6.16. The predicted molar refractivity (Wildman–Crippen MR) is 80.5 cm³/mol. The molecule has 0 saturated heterocycles. The molecule has 0 aliphatic rings. The molecular weight excluding hydrogens is 274 g/mol. The number of nitrogens with zero attached hydrogens (tertiary/aromatic N) is 1. The molecule has 0 amide bonds. The molecule has 1 aromatic carbocycles. The van der Waals surface area contributed by atoms with Crippen LogP contribution in [0.4, 0.5) is 11.5 Å². The van der Waals surface area contributed by atoms with Crippen molar-refractivity contribution in [3.05, 3.63) is 47.7 Å². The maximum atomic E-state index is 12.4. The third-order valence-electron chi connectivity index (χ3n) is 3.06. The maximum Gasteiger partial charge on any atom is 0.265 e. The van der Waals surface area contributed by atoms with Crippen LogP contribution in [0.3, 0.4) is 0 Å². The van der Waals surface area contributed by atoms with E-state index in [4.69, 9.17) is 0 Å². The van der Waals surface area contributed by atoms with E-state index in [1.54, 1.807) is 25.4 Å². The van der Waals surface area contributed by atoms with Crippen LogP contribution in [0.15, 0.2) is 41.4 Å². The Labute approximate surface area is 119 Å². The van der Waals surface area contributed by atoms with Gasteiger partial charge in [-0.25, -0.2) is 13.4 Å². The van der Waals surface area contributed by atoms with Gasteiger partial charge in [0.1, 0.15) is 10.7 Å². The van der Waals surface area contributed by atoms with Gasteiger partial charge in [0.2, 0.25) is 0 Å². The van der Waals surface area contributed by atoms with Crippen molar-refractivity contribution in [1.82, 2.24) is 4.98 Å². The van der Waals surface area contributed by atoms with E-state index in [1.807, 2.05) is 26.0 Å². The number of sulfonamides is 1. The summed E-state index contributed by atoms with van der Waals surface area (Å²) in [4.78, 5) is 4.13. The molecule has 1 heterocycles. The lowest BCUT2D eigenvalue weighted by atomic mass is 10.1. The summed E-state index contributed by atoms with van der Waals surface area (Å²) >= 11 is 0. The van der Waals surface area contributed by atoms with Crippen LogP contribution in [0, 0.1) is 13.8 Å². The number of anilines is 2. The molecule has 0 atom stereocenters. The van der Waals surface area contributed by atoms with Gasteiger partial charge in [0, 0.05) is 18.9 Å². The van der Waals surface area contributed by atoms with Crippen molar-refractivity contribution in [1.29, 1.82) is 0 Å². The van der Waals surface area contributed by atoms with E-state index in [0.717, 1.165) is 11.1 Å². The SMILES string of the molecule is CNc1ncccc1S(=O)(=O)Nc1ccc(C)c(C)c1. The number of aryl methyl sites for hydroxylation is 2. The second kappa shape index (κ2) is 5.50. The molecule has 106 valence electrons. The Kier molecular flexibility index (Phi) is 3.94. The van der Waals surface area contributed by atoms with Gasteiger partial charge >= 0.3 is 0 Å². The average Bonchev–Trinajstić information content (AvgIpc) is 2.42. The fourth-order valence-corrected chi connectivity index (χ4v) is 3.02. The average molecular weight is 291 g/mol. The van der Waals surface area contributed by atoms with Crippen LogP contribution in [-0.4, -0.2) is 20.4 Å². The van der Waals surface area contributed by atoms with E-state index in [0.29, 0.717) is 11.5 Å². The van der Waals surface area contributed by atoms with Crippen LogP contribution in [0.5, 0.6) is 0 Å². The molecular formula is C14H17N3O2S. The molecule has 0 unspecified atom stereocenters. The second-order valence-electron chi connectivity index (χ2n) is 4.50. The van der Waals surface area contributed by atoms with Crippen LogP contribution in [-0.2, 0) is 10.0 Å². The predicted octanol–water partition coefficient (Wildman–Crippen LogP) is 2.54. The summed E-state index contributed by atoms with van der Waals surface area (Å²) < 4.78 is 27.3. The molecule has 0 saturated carbocycles. The molecule has 0 fully saturated rings. The first-order valence-electron chi connectivity index (χ1n) is 6.17. The molecule has 2 rings (SSSR count). The standard InChI is InChI=1S/C14H17N3O2S/c1-10-6-7-12(9-11(10)2)17-20(18,19)13-5-4-8-16-14(13)15-3/h4-9,17H,1-3H3,(H,15,16). The number of rotatable bonds is 4. The van der Waals surface area contributed by atoms with Crippen molar-refractivity contribution in [3.63, 3.8) is 0 Å². The van der Waals surface area contributed by atoms with E-state index in [9.17, 15) is 8.42 Å². The van der Waals surface area contributed by atoms with Crippen LogP contribution < -0.4 is 10.0 Å².